The Kier molecular flexibility index (Phi) is 5.30. The first kappa shape index (κ1) is 20.8. The summed E-state index contributed by atoms with van der Waals surface area (Å²) in [4.78, 5) is 15.5. The standard InChI is InChI=1S/C27H23F2O2S/c1-18-13-19-7-2-3-10-25(19)32(18)24-9-6-8-20(14-24)26(30)31-27(11-4-5-12-27)21-15-22(28)17-23(29)16-21/h2-3,6-10,13-17H,4-5,11-12H2,1H3/q+1. The van der Waals surface area contributed by atoms with Crippen LogP contribution in [0.1, 0.15) is 46.5 Å². The first-order chi connectivity index (χ1) is 15.4. The molecule has 0 aliphatic heterocycles. The molecule has 5 rings (SSSR count). The van der Waals surface area contributed by atoms with Crippen molar-refractivity contribution in [1.29, 1.82) is 0 Å². The first-order valence-corrected chi connectivity index (χ1v) is 12.0. The van der Waals surface area contributed by atoms with Crippen LogP contribution in [0.5, 0.6) is 0 Å². The number of carbonyl (C=O) groups is 1. The predicted octanol–water partition coefficient (Wildman–Crippen LogP) is 7.79. The fourth-order valence-electron chi connectivity index (χ4n) is 4.75. The molecular formula is C27H23F2O2S+. The Labute approximate surface area is 188 Å². The van der Waals surface area contributed by atoms with E-state index in [0.717, 1.165) is 23.8 Å². The lowest BCUT2D eigenvalue weighted by atomic mass is 9.91. The number of fused-ring (bicyclic) bond motifs is 1. The number of aryl methyl sites for hydroxylation is 1. The number of carbonyl (C=O) groups excluding carboxylic acids is 1. The average Bonchev–Trinajstić information content (AvgIpc) is 3.37. The highest BCUT2D eigenvalue weighted by atomic mass is 32.2. The molecule has 1 heterocycles. The number of thiophene rings is 1. The van der Waals surface area contributed by atoms with E-state index in [1.165, 1.54) is 27.1 Å². The zero-order valence-electron chi connectivity index (χ0n) is 17.7. The maximum Gasteiger partial charge on any atom is 0.339 e. The summed E-state index contributed by atoms with van der Waals surface area (Å²) in [6, 6.07) is 21.4. The van der Waals surface area contributed by atoms with Crippen LogP contribution in [0.4, 0.5) is 8.78 Å². The van der Waals surface area contributed by atoms with Gasteiger partial charge in [0.25, 0.3) is 0 Å². The molecule has 4 aromatic rings. The van der Waals surface area contributed by atoms with Gasteiger partial charge in [-0.25, -0.2) is 13.6 Å². The molecule has 0 N–H and O–H groups in total. The zero-order chi connectivity index (χ0) is 22.3. The minimum Gasteiger partial charge on any atom is -0.451 e. The van der Waals surface area contributed by atoms with Crippen molar-refractivity contribution >= 4 is 26.5 Å². The van der Waals surface area contributed by atoms with E-state index in [-0.39, 0.29) is 10.5 Å². The molecule has 1 aromatic heterocycles. The summed E-state index contributed by atoms with van der Waals surface area (Å²) in [5.74, 6) is -1.78. The van der Waals surface area contributed by atoms with E-state index in [0.29, 0.717) is 24.0 Å². The number of hydrogen-bond donors (Lipinski definition) is 0. The van der Waals surface area contributed by atoms with Crippen LogP contribution in [0.15, 0.2) is 72.8 Å². The van der Waals surface area contributed by atoms with Gasteiger partial charge in [-0.15, -0.1) is 0 Å². The second-order valence-electron chi connectivity index (χ2n) is 8.38. The van der Waals surface area contributed by atoms with Crippen LogP contribution in [-0.2, 0) is 10.3 Å². The largest absolute Gasteiger partial charge is 0.451 e. The number of hydrogen-bond acceptors (Lipinski definition) is 2. The molecule has 0 saturated heterocycles. The number of benzene rings is 3. The van der Waals surface area contributed by atoms with E-state index in [9.17, 15) is 13.6 Å². The summed E-state index contributed by atoms with van der Waals surface area (Å²) in [6.45, 7) is 2.11. The molecule has 3 aromatic carbocycles. The molecule has 0 amide bonds. The van der Waals surface area contributed by atoms with Gasteiger partial charge in [0.1, 0.15) is 17.2 Å². The van der Waals surface area contributed by atoms with Gasteiger partial charge in [-0.2, -0.15) is 0 Å². The normalized spacial score (nSPS) is 15.8. The van der Waals surface area contributed by atoms with Gasteiger partial charge in [0, 0.05) is 46.5 Å². The molecular weight excluding hydrogens is 426 g/mol. The highest BCUT2D eigenvalue weighted by Crippen LogP contribution is 2.45. The van der Waals surface area contributed by atoms with Crippen LogP contribution in [0, 0.1) is 18.6 Å². The fourth-order valence-corrected chi connectivity index (χ4v) is 7.00. The molecule has 0 radical (unpaired) electrons. The minimum absolute atomic E-state index is 0.240. The Morgan fingerprint density at radius 3 is 2.38 bits per heavy atom. The molecule has 1 fully saturated rings. The van der Waals surface area contributed by atoms with Gasteiger partial charge in [0.2, 0.25) is 0 Å². The zero-order valence-corrected chi connectivity index (χ0v) is 18.6. The van der Waals surface area contributed by atoms with Crippen LogP contribution in [0.25, 0.3) is 15.0 Å². The molecule has 32 heavy (non-hydrogen) atoms. The Morgan fingerprint density at radius 1 is 0.906 bits per heavy atom. The molecule has 5 heteroatoms. The number of esters is 1. The molecule has 1 saturated carbocycles. The summed E-state index contributed by atoms with van der Waals surface area (Å²) in [7, 11) is -0.240. The van der Waals surface area contributed by atoms with Crippen molar-refractivity contribution in [3.8, 4) is 4.90 Å². The monoisotopic (exact) mass is 449 g/mol. The molecule has 1 aliphatic rings. The maximum absolute atomic E-state index is 13.9. The summed E-state index contributed by atoms with van der Waals surface area (Å²) in [6.07, 6.45) is 2.80. The molecule has 0 bridgehead atoms. The number of rotatable bonds is 4. The van der Waals surface area contributed by atoms with Crippen molar-refractivity contribution in [1.82, 2.24) is 0 Å². The van der Waals surface area contributed by atoms with E-state index in [1.807, 2.05) is 30.3 Å². The summed E-state index contributed by atoms with van der Waals surface area (Å²) < 4.78 is 35.1. The predicted molar refractivity (Wildman–Crippen MR) is 124 cm³/mol. The van der Waals surface area contributed by atoms with Crippen LogP contribution in [-0.4, -0.2) is 5.97 Å². The fraction of sp³-hybridized carbons (Fsp3) is 0.222. The van der Waals surface area contributed by atoms with E-state index < -0.39 is 23.2 Å². The summed E-state index contributed by atoms with van der Waals surface area (Å²) in [5, 5.41) is 1.21. The van der Waals surface area contributed by atoms with Gasteiger partial charge in [-0.1, -0.05) is 18.2 Å². The van der Waals surface area contributed by atoms with Crippen LogP contribution in [0.2, 0.25) is 0 Å². The SMILES string of the molecule is Cc1cc2ccccc2[s+]1-c1cccc(C(=O)OC2(c3cc(F)cc(F)c3)CCCC2)c1. The molecule has 1 atom stereocenters. The van der Waals surface area contributed by atoms with Gasteiger partial charge < -0.3 is 4.74 Å². The van der Waals surface area contributed by atoms with Gasteiger partial charge in [0.05, 0.1) is 5.56 Å². The Morgan fingerprint density at radius 2 is 1.62 bits per heavy atom. The third-order valence-corrected chi connectivity index (χ3v) is 8.51. The van der Waals surface area contributed by atoms with Gasteiger partial charge in [0.15, 0.2) is 14.5 Å². The molecule has 162 valence electrons. The molecule has 0 spiro atoms. The van der Waals surface area contributed by atoms with E-state index >= 15 is 0 Å². The summed E-state index contributed by atoms with van der Waals surface area (Å²) in [5.41, 5.74) is -0.147. The average molecular weight is 450 g/mol. The van der Waals surface area contributed by atoms with Crippen molar-refractivity contribution in [3.63, 3.8) is 0 Å². The Hall–Kier alpha value is -3.05. The Bertz CT molecular complexity index is 1300. The number of ether oxygens (including phenoxy) is 1. The lowest BCUT2D eigenvalue weighted by Gasteiger charge is -2.29. The maximum atomic E-state index is 13.9. The molecule has 1 unspecified atom stereocenters. The molecule has 2 nitrogen and oxygen atoms in total. The topological polar surface area (TPSA) is 26.3 Å². The minimum atomic E-state index is -0.992. The highest BCUT2D eigenvalue weighted by molar-refractivity contribution is 7.45. The van der Waals surface area contributed by atoms with Crippen molar-refractivity contribution in [2.45, 2.75) is 38.2 Å². The van der Waals surface area contributed by atoms with E-state index in [4.69, 9.17) is 4.74 Å². The van der Waals surface area contributed by atoms with Crippen molar-refractivity contribution < 1.29 is 18.3 Å². The van der Waals surface area contributed by atoms with E-state index in [1.54, 1.807) is 6.07 Å². The summed E-state index contributed by atoms with van der Waals surface area (Å²) >= 11 is 0. The smallest absolute Gasteiger partial charge is 0.339 e. The van der Waals surface area contributed by atoms with Crippen molar-refractivity contribution in [2.24, 2.45) is 0 Å². The van der Waals surface area contributed by atoms with Gasteiger partial charge >= 0.3 is 5.97 Å². The van der Waals surface area contributed by atoms with Gasteiger partial charge in [-0.3, -0.25) is 0 Å². The second-order valence-corrected chi connectivity index (χ2v) is 10.5. The molecule has 1 aliphatic carbocycles. The van der Waals surface area contributed by atoms with Crippen LogP contribution < -0.4 is 0 Å². The second kappa shape index (κ2) is 8.14. The van der Waals surface area contributed by atoms with Crippen LogP contribution in [0.3, 0.4) is 0 Å². The quantitative estimate of drug-likeness (QED) is 0.235. The third kappa shape index (κ3) is 3.71. The van der Waals surface area contributed by atoms with Crippen LogP contribution >= 0.6 is 10.5 Å². The van der Waals surface area contributed by atoms with Crippen molar-refractivity contribution in [2.75, 3.05) is 0 Å². The first-order valence-electron chi connectivity index (χ1n) is 10.8. The van der Waals surface area contributed by atoms with E-state index in [2.05, 4.69) is 25.1 Å². The highest BCUT2D eigenvalue weighted by Gasteiger charge is 2.40. The van der Waals surface area contributed by atoms with Crippen molar-refractivity contribution in [3.05, 3.63) is 100 Å². The lowest BCUT2D eigenvalue weighted by Crippen LogP contribution is -2.29. The van der Waals surface area contributed by atoms with Gasteiger partial charge in [-0.05, 0) is 62.1 Å². The number of halogens is 2. The Balaban J connectivity index is 1.50. The third-order valence-electron chi connectivity index (χ3n) is 6.21. The lowest BCUT2D eigenvalue weighted by molar-refractivity contribution is -0.0186.